The first-order valence-corrected chi connectivity index (χ1v) is 11.5. The molecule has 162 valence electrons. The number of thioether (sulfide) groups is 1. The van der Waals surface area contributed by atoms with Gasteiger partial charge in [-0.1, -0.05) is 6.07 Å². The molecule has 2 heterocycles. The van der Waals surface area contributed by atoms with Crippen LogP contribution in [-0.4, -0.2) is 70.8 Å². The van der Waals surface area contributed by atoms with E-state index in [0.29, 0.717) is 13.2 Å². The van der Waals surface area contributed by atoms with Gasteiger partial charge in [-0.25, -0.2) is 0 Å². The monoisotopic (exact) mass is 430 g/mol. The summed E-state index contributed by atoms with van der Waals surface area (Å²) in [5, 5.41) is 0. The zero-order valence-corrected chi connectivity index (χ0v) is 18.6. The number of hydrogen-bond donors (Lipinski definition) is 0. The first kappa shape index (κ1) is 21.0. The Morgan fingerprint density at radius 1 is 0.967 bits per heavy atom. The van der Waals surface area contributed by atoms with E-state index in [-0.39, 0.29) is 0 Å². The Kier molecular flexibility index (Phi) is 7.12. The van der Waals surface area contributed by atoms with E-state index in [4.69, 9.17) is 18.9 Å². The molecular weight excluding hydrogens is 400 g/mol. The quantitative estimate of drug-likeness (QED) is 0.466. The molecule has 0 aromatic heterocycles. The van der Waals surface area contributed by atoms with Crippen molar-refractivity contribution in [2.45, 2.75) is 11.3 Å². The number of fused-ring (bicyclic) bond motifs is 1. The van der Waals surface area contributed by atoms with Gasteiger partial charge >= 0.3 is 0 Å². The lowest BCUT2D eigenvalue weighted by Crippen LogP contribution is -2.46. The molecule has 0 radical (unpaired) electrons. The second kappa shape index (κ2) is 10.2. The van der Waals surface area contributed by atoms with Crippen LogP contribution in [0.15, 0.2) is 41.3 Å². The maximum atomic E-state index is 5.89. The summed E-state index contributed by atoms with van der Waals surface area (Å²) in [6.45, 7) is 6.52. The summed E-state index contributed by atoms with van der Waals surface area (Å²) in [5.74, 6) is 4.60. The molecular formula is C23H30N2O4S. The van der Waals surface area contributed by atoms with Crippen molar-refractivity contribution in [3.05, 3.63) is 36.4 Å². The molecule has 0 spiro atoms. The molecule has 0 amide bonds. The lowest BCUT2D eigenvalue weighted by Gasteiger charge is -2.37. The van der Waals surface area contributed by atoms with Crippen LogP contribution in [0.1, 0.15) is 6.42 Å². The SMILES string of the molecule is COc1ccc(OC)c(SCCCN2CCN(c3cccc4c3OCCO4)CC2)c1. The Bertz CT molecular complexity index is 840. The Balaban J connectivity index is 1.24. The van der Waals surface area contributed by atoms with Gasteiger partial charge in [0.15, 0.2) is 11.5 Å². The molecule has 0 saturated carbocycles. The second-order valence-corrected chi connectivity index (χ2v) is 8.49. The van der Waals surface area contributed by atoms with Crippen molar-refractivity contribution in [1.29, 1.82) is 0 Å². The predicted molar refractivity (Wildman–Crippen MR) is 121 cm³/mol. The van der Waals surface area contributed by atoms with E-state index in [0.717, 1.165) is 78.5 Å². The van der Waals surface area contributed by atoms with Crippen LogP contribution in [0, 0.1) is 0 Å². The van der Waals surface area contributed by atoms with Crippen molar-refractivity contribution in [1.82, 2.24) is 4.90 Å². The summed E-state index contributed by atoms with van der Waals surface area (Å²) in [5.41, 5.74) is 1.16. The van der Waals surface area contributed by atoms with Crippen molar-refractivity contribution >= 4 is 17.4 Å². The smallest absolute Gasteiger partial charge is 0.184 e. The van der Waals surface area contributed by atoms with E-state index in [1.54, 1.807) is 14.2 Å². The molecule has 0 N–H and O–H groups in total. The fourth-order valence-corrected chi connectivity index (χ4v) is 4.87. The molecule has 0 atom stereocenters. The molecule has 2 aromatic carbocycles. The maximum absolute atomic E-state index is 5.89. The third-order valence-electron chi connectivity index (χ3n) is 5.51. The van der Waals surface area contributed by atoms with Crippen LogP contribution in [0.4, 0.5) is 5.69 Å². The van der Waals surface area contributed by atoms with Gasteiger partial charge in [-0.2, -0.15) is 0 Å². The number of para-hydroxylation sites is 1. The molecule has 1 saturated heterocycles. The third-order valence-corrected chi connectivity index (χ3v) is 6.63. The molecule has 0 unspecified atom stereocenters. The van der Waals surface area contributed by atoms with E-state index in [1.165, 1.54) is 0 Å². The fourth-order valence-electron chi connectivity index (χ4n) is 3.89. The van der Waals surface area contributed by atoms with E-state index >= 15 is 0 Å². The first-order chi connectivity index (χ1) is 14.8. The number of ether oxygens (including phenoxy) is 4. The van der Waals surface area contributed by atoms with Gasteiger partial charge in [0.2, 0.25) is 0 Å². The largest absolute Gasteiger partial charge is 0.497 e. The molecule has 1 fully saturated rings. The Labute approximate surface area is 183 Å². The van der Waals surface area contributed by atoms with Gasteiger partial charge in [-0.15, -0.1) is 11.8 Å². The maximum Gasteiger partial charge on any atom is 0.184 e. The molecule has 6 nitrogen and oxygen atoms in total. The molecule has 30 heavy (non-hydrogen) atoms. The summed E-state index contributed by atoms with van der Waals surface area (Å²) in [7, 11) is 3.41. The molecule has 2 aliphatic heterocycles. The van der Waals surface area contributed by atoms with Gasteiger partial charge < -0.3 is 23.8 Å². The predicted octanol–water partition coefficient (Wildman–Crippen LogP) is 3.78. The highest BCUT2D eigenvalue weighted by atomic mass is 32.2. The molecule has 2 aromatic rings. The summed E-state index contributed by atoms with van der Waals surface area (Å²) >= 11 is 1.83. The van der Waals surface area contributed by atoms with Gasteiger partial charge in [0.1, 0.15) is 24.7 Å². The number of nitrogens with zero attached hydrogens (tertiary/aromatic N) is 2. The minimum atomic E-state index is 0.625. The van der Waals surface area contributed by atoms with Gasteiger partial charge in [-0.05, 0) is 49.1 Å². The zero-order valence-electron chi connectivity index (χ0n) is 17.8. The second-order valence-electron chi connectivity index (χ2n) is 7.35. The standard InChI is InChI=1S/C23H30N2O4S/c1-26-18-7-8-20(27-2)22(17-18)30-16-4-9-24-10-12-25(13-11-24)19-5-3-6-21-23(19)29-15-14-28-21/h3,5-8,17H,4,9-16H2,1-2H3. The number of piperazine rings is 1. The molecule has 0 aliphatic carbocycles. The van der Waals surface area contributed by atoms with Crippen LogP contribution >= 0.6 is 11.8 Å². The highest BCUT2D eigenvalue weighted by Crippen LogP contribution is 2.39. The lowest BCUT2D eigenvalue weighted by atomic mass is 10.2. The Morgan fingerprint density at radius 3 is 2.60 bits per heavy atom. The molecule has 0 bridgehead atoms. The lowest BCUT2D eigenvalue weighted by molar-refractivity contribution is 0.171. The van der Waals surface area contributed by atoms with Crippen molar-refractivity contribution in [2.75, 3.05) is 70.8 Å². The Hall–Kier alpha value is -2.25. The van der Waals surface area contributed by atoms with Crippen molar-refractivity contribution in [2.24, 2.45) is 0 Å². The molecule has 4 rings (SSSR count). The van der Waals surface area contributed by atoms with Crippen LogP contribution < -0.4 is 23.8 Å². The van der Waals surface area contributed by atoms with Gasteiger partial charge in [0.25, 0.3) is 0 Å². The average molecular weight is 431 g/mol. The average Bonchev–Trinajstić information content (AvgIpc) is 2.81. The van der Waals surface area contributed by atoms with Crippen LogP contribution in [0.3, 0.4) is 0 Å². The molecule has 2 aliphatic rings. The first-order valence-electron chi connectivity index (χ1n) is 10.5. The highest BCUT2D eigenvalue weighted by molar-refractivity contribution is 7.99. The van der Waals surface area contributed by atoms with Crippen LogP contribution in [0.25, 0.3) is 0 Å². The highest BCUT2D eigenvalue weighted by Gasteiger charge is 2.23. The minimum Gasteiger partial charge on any atom is -0.497 e. The summed E-state index contributed by atoms with van der Waals surface area (Å²) in [4.78, 5) is 6.10. The summed E-state index contributed by atoms with van der Waals surface area (Å²) < 4.78 is 22.4. The van der Waals surface area contributed by atoms with E-state index in [1.807, 2.05) is 30.0 Å². The molecule has 7 heteroatoms. The van der Waals surface area contributed by atoms with Gasteiger partial charge in [0, 0.05) is 26.2 Å². The number of hydrogen-bond acceptors (Lipinski definition) is 7. The number of anilines is 1. The Morgan fingerprint density at radius 2 is 1.80 bits per heavy atom. The van der Waals surface area contributed by atoms with Crippen LogP contribution in [-0.2, 0) is 0 Å². The topological polar surface area (TPSA) is 43.4 Å². The summed E-state index contributed by atoms with van der Waals surface area (Å²) in [6, 6.07) is 12.1. The summed E-state index contributed by atoms with van der Waals surface area (Å²) in [6.07, 6.45) is 1.14. The third kappa shape index (κ3) is 4.90. The van der Waals surface area contributed by atoms with E-state index < -0.39 is 0 Å². The zero-order chi connectivity index (χ0) is 20.8. The van der Waals surface area contributed by atoms with Crippen molar-refractivity contribution < 1.29 is 18.9 Å². The van der Waals surface area contributed by atoms with Gasteiger partial charge in [-0.3, -0.25) is 4.90 Å². The van der Waals surface area contributed by atoms with Crippen LogP contribution in [0.2, 0.25) is 0 Å². The minimum absolute atomic E-state index is 0.625. The van der Waals surface area contributed by atoms with E-state index in [9.17, 15) is 0 Å². The van der Waals surface area contributed by atoms with Crippen molar-refractivity contribution in [3.63, 3.8) is 0 Å². The van der Waals surface area contributed by atoms with Gasteiger partial charge in [0.05, 0.1) is 24.8 Å². The van der Waals surface area contributed by atoms with Crippen molar-refractivity contribution in [3.8, 4) is 23.0 Å². The van der Waals surface area contributed by atoms with Crippen LogP contribution in [0.5, 0.6) is 23.0 Å². The van der Waals surface area contributed by atoms with E-state index in [2.05, 4.69) is 28.0 Å². The fraction of sp³-hybridized carbons (Fsp3) is 0.478. The normalized spacial score (nSPS) is 16.4. The number of rotatable bonds is 8. The number of benzene rings is 2. The number of methoxy groups -OCH3 is 2.